The number of methoxy groups -OCH3 is 2. The lowest BCUT2D eigenvalue weighted by molar-refractivity contribution is -0.136. The van der Waals surface area contributed by atoms with Gasteiger partial charge in [0.25, 0.3) is 5.56 Å². The standard InChI is InChI=1S/C30H25ClN2O5S/c1-18-25(29(35)37-3)26(20-8-5-4-6-9-20)33-28(34)24(39-30(33)32-18)16-21-10-7-11-23(36-2)27(21)38-17-19-12-14-22(31)15-13-19/h4-16,26H,17H2,1-3H3. The van der Waals surface area contributed by atoms with E-state index in [1.165, 1.54) is 18.4 Å². The second kappa shape index (κ2) is 11.3. The number of esters is 1. The van der Waals surface area contributed by atoms with Gasteiger partial charge in [0, 0.05) is 10.6 Å². The largest absolute Gasteiger partial charge is 0.493 e. The van der Waals surface area contributed by atoms with Gasteiger partial charge < -0.3 is 14.2 Å². The van der Waals surface area contributed by atoms with Crippen molar-refractivity contribution in [3.8, 4) is 11.5 Å². The summed E-state index contributed by atoms with van der Waals surface area (Å²) in [5, 5.41) is 0.645. The molecule has 9 heteroatoms. The Hall–Kier alpha value is -4.14. The number of allylic oxidation sites excluding steroid dienone is 1. The lowest BCUT2D eigenvalue weighted by Gasteiger charge is -2.24. The van der Waals surface area contributed by atoms with Crippen LogP contribution in [0.1, 0.15) is 29.7 Å². The molecule has 0 radical (unpaired) electrons. The lowest BCUT2D eigenvalue weighted by atomic mass is 9.96. The number of ether oxygens (including phenoxy) is 3. The molecule has 5 rings (SSSR count). The molecule has 0 saturated heterocycles. The van der Waals surface area contributed by atoms with Crippen molar-refractivity contribution in [1.29, 1.82) is 0 Å². The van der Waals surface area contributed by atoms with Crippen LogP contribution in [0.25, 0.3) is 6.08 Å². The second-order valence-corrected chi connectivity index (χ2v) is 10.2. The van der Waals surface area contributed by atoms with E-state index in [4.69, 9.17) is 25.8 Å². The van der Waals surface area contributed by atoms with Gasteiger partial charge in [0.2, 0.25) is 0 Å². The van der Waals surface area contributed by atoms with Crippen molar-refractivity contribution in [2.75, 3.05) is 14.2 Å². The van der Waals surface area contributed by atoms with Crippen LogP contribution in [0.5, 0.6) is 11.5 Å². The molecule has 1 aliphatic rings. The normalized spacial score (nSPS) is 15.0. The van der Waals surface area contributed by atoms with Crippen LogP contribution in [0.15, 0.2) is 93.9 Å². The van der Waals surface area contributed by atoms with Crippen molar-refractivity contribution < 1.29 is 19.0 Å². The molecule has 0 saturated carbocycles. The Balaban J connectivity index is 1.63. The highest BCUT2D eigenvalue weighted by atomic mass is 35.5. The third-order valence-corrected chi connectivity index (χ3v) is 7.59. The van der Waals surface area contributed by atoms with Gasteiger partial charge in [-0.2, -0.15) is 0 Å². The smallest absolute Gasteiger partial charge is 0.338 e. The summed E-state index contributed by atoms with van der Waals surface area (Å²) in [6.45, 7) is 2.04. The van der Waals surface area contributed by atoms with Crippen LogP contribution in [0.4, 0.5) is 0 Å². The molecule has 3 aromatic carbocycles. The van der Waals surface area contributed by atoms with Crippen LogP contribution in [0.3, 0.4) is 0 Å². The highest BCUT2D eigenvalue weighted by Gasteiger charge is 2.33. The summed E-state index contributed by atoms with van der Waals surface area (Å²) in [7, 11) is 2.89. The fourth-order valence-electron chi connectivity index (χ4n) is 4.48. The molecule has 0 spiro atoms. The second-order valence-electron chi connectivity index (χ2n) is 8.78. The molecule has 39 heavy (non-hydrogen) atoms. The van der Waals surface area contributed by atoms with Gasteiger partial charge in [-0.3, -0.25) is 9.36 Å². The van der Waals surface area contributed by atoms with E-state index in [9.17, 15) is 9.59 Å². The molecule has 4 aromatic rings. The van der Waals surface area contributed by atoms with Crippen molar-refractivity contribution in [3.63, 3.8) is 0 Å². The van der Waals surface area contributed by atoms with Gasteiger partial charge >= 0.3 is 5.97 Å². The maximum atomic E-state index is 13.9. The van der Waals surface area contributed by atoms with Gasteiger partial charge in [-0.05, 0) is 42.3 Å². The van der Waals surface area contributed by atoms with Crippen molar-refractivity contribution in [3.05, 3.63) is 125 Å². The number of halogens is 1. The van der Waals surface area contributed by atoms with Gasteiger partial charge in [-0.25, -0.2) is 9.79 Å². The number of benzene rings is 3. The number of carbonyl (C=O) groups is 1. The minimum Gasteiger partial charge on any atom is -0.493 e. The number of fused-ring (bicyclic) bond motifs is 1. The van der Waals surface area contributed by atoms with E-state index in [2.05, 4.69) is 4.99 Å². The van der Waals surface area contributed by atoms with E-state index in [1.807, 2.05) is 54.6 Å². The zero-order chi connectivity index (χ0) is 27.5. The van der Waals surface area contributed by atoms with E-state index >= 15 is 0 Å². The fraction of sp³-hybridized carbons (Fsp3) is 0.167. The summed E-state index contributed by atoms with van der Waals surface area (Å²) in [6.07, 6.45) is 1.77. The number of hydrogen-bond acceptors (Lipinski definition) is 7. The average molecular weight is 561 g/mol. The molecular formula is C30H25ClN2O5S. The summed E-state index contributed by atoms with van der Waals surface area (Å²) in [4.78, 5) is 31.8. The fourth-order valence-corrected chi connectivity index (χ4v) is 5.65. The van der Waals surface area contributed by atoms with Crippen LogP contribution in [0, 0.1) is 0 Å². The van der Waals surface area contributed by atoms with E-state index in [1.54, 1.807) is 42.9 Å². The third kappa shape index (κ3) is 5.26. The Kier molecular flexibility index (Phi) is 7.67. The van der Waals surface area contributed by atoms with E-state index in [0.717, 1.165) is 11.1 Å². The minimum atomic E-state index is -0.664. The van der Waals surface area contributed by atoms with Crippen molar-refractivity contribution in [2.24, 2.45) is 4.99 Å². The summed E-state index contributed by atoms with van der Waals surface area (Å²) < 4.78 is 18.8. The molecule has 1 atom stereocenters. The van der Waals surface area contributed by atoms with Crippen molar-refractivity contribution in [1.82, 2.24) is 4.57 Å². The molecule has 7 nitrogen and oxygen atoms in total. The molecule has 1 aliphatic heterocycles. The first kappa shape index (κ1) is 26.5. The molecular weight excluding hydrogens is 536 g/mol. The molecule has 0 fully saturated rings. The average Bonchev–Trinajstić information content (AvgIpc) is 3.26. The number of aromatic nitrogens is 1. The van der Waals surface area contributed by atoms with Crippen LogP contribution >= 0.6 is 22.9 Å². The number of nitrogens with zero attached hydrogens (tertiary/aromatic N) is 2. The monoisotopic (exact) mass is 560 g/mol. The zero-order valence-electron chi connectivity index (χ0n) is 21.5. The number of thiazole rings is 1. The first-order valence-corrected chi connectivity index (χ1v) is 13.3. The molecule has 0 aliphatic carbocycles. The van der Waals surface area contributed by atoms with Gasteiger partial charge in [0.05, 0.1) is 36.1 Å². The Morgan fingerprint density at radius 3 is 2.49 bits per heavy atom. The van der Waals surface area contributed by atoms with Gasteiger partial charge in [0.15, 0.2) is 16.3 Å². The highest BCUT2D eigenvalue weighted by Crippen LogP contribution is 2.33. The molecule has 0 amide bonds. The Morgan fingerprint density at radius 1 is 1.05 bits per heavy atom. The lowest BCUT2D eigenvalue weighted by Crippen LogP contribution is -2.39. The number of rotatable bonds is 7. The Morgan fingerprint density at radius 2 is 1.79 bits per heavy atom. The summed E-state index contributed by atoms with van der Waals surface area (Å²) in [6, 6.07) is 21.6. The highest BCUT2D eigenvalue weighted by molar-refractivity contribution is 7.07. The van der Waals surface area contributed by atoms with Crippen LogP contribution in [-0.2, 0) is 16.1 Å². The van der Waals surface area contributed by atoms with Crippen LogP contribution in [-0.4, -0.2) is 24.8 Å². The number of para-hydroxylation sites is 1. The van der Waals surface area contributed by atoms with Gasteiger partial charge in [-0.15, -0.1) is 0 Å². The van der Waals surface area contributed by atoms with Crippen molar-refractivity contribution in [2.45, 2.75) is 19.6 Å². The van der Waals surface area contributed by atoms with Crippen molar-refractivity contribution >= 4 is 35.0 Å². The van der Waals surface area contributed by atoms with Crippen LogP contribution in [0.2, 0.25) is 5.02 Å². The molecule has 198 valence electrons. The topological polar surface area (TPSA) is 79.1 Å². The zero-order valence-corrected chi connectivity index (χ0v) is 23.1. The van der Waals surface area contributed by atoms with Gasteiger partial charge in [0.1, 0.15) is 6.61 Å². The minimum absolute atomic E-state index is 0.270. The Bertz CT molecular complexity index is 1740. The number of hydrogen-bond donors (Lipinski definition) is 0. The predicted octanol–water partition coefficient (Wildman–Crippen LogP) is 4.65. The van der Waals surface area contributed by atoms with E-state index in [-0.39, 0.29) is 12.2 Å². The first-order valence-electron chi connectivity index (χ1n) is 12.1. The molecule has 1 aromatic heterocycles. The summed E-state index contributed by atoms with van der Waals surface area (Å²) in [5.74, 6) is 0.522. The SMILES string of the molecule is COC(=O)C1=C(C)N=c2sc(=Cc3cccc(OC)c3OCc3ccc(Cl)cc3)c(=O)n2C1c1ccccc1. The number of carbonyl (C=O) groups excluding carboxylic acids is 1. The summed E-state index contributed by atoms with van der Waals surface area (Å²) in [5.41, 5.74) is 2.96. The Labute approximate surface area is 233 Å². The van der Waals surface area contributed by atoms with Gasteiger partial charge in [-0.1, -0.05) is 77.5 Å². The molecule has 2 heterocycles. The third-order valence-electron chi connectivity index (χ3n) is 6.35. The van der Waals surface area contributed by atoms with E-state index < -0.39 is 12.0 Å². The summed E-state index contributed by atoms with van der Waals surface area (Å²) >= 11 is 7.26. The first-order chi connectivity index (χ1) is 18.9. The molecule has 0 bridgehead atoms. The maximum absolute atomic E-state index is 13.9. The maximum Gasteiger partial charge on any atom is 0.338 e. The van der Waals surface area contributed by atoms with E-state index in [0.29, 0.717) is 42.7 Å². The van der Waals surface area contributed by atoms with Crippen LogP contribution < -0.4 is 24.4 Å². The predicted molar refractivity (Wildman–Crippen MR) is 151 cm³/mol. The molecule has 0 N–H and O–H groups in total. The quantitative estimate of drug-likeness (QED) is 0.307. The molecule has 1 unspecified atom stereocenters.